The van der Waals surface area contributed by atoms with Crippen molar-refractivity contribution < 1.29 is 18.4 Å². The standard InChI is InChI=1S/C24H27N3O4S/c1-24(23(28)26-29,32(2,30)31)13-17-27-15-11-22(12-16-27)21-9-7-19(8-10-21)5-6-20-4-3-14-25-18-20/h3-4,7-11,14,18,29H,12-13,15-17H2,1-2H3,(H,26,28). The van der Waals surface area contributed by atoms with Crippen LogP contribution in [0.1, 0.15) is 36.5 Å². The number of pyridine rings is 1. The minimum atomic E-state index is -3.69. The monoisotopic (exact) mass is 453 g/mol. The molecule has 0 radical (unpaired) electrons. The van der Waals surface area contributed by atoms with Crippen molar-refractivity contribution in [3.05, 3.63) is 71.6 Å². The molecule has 0 aliphatic carbocycles. The number of carbonyl (C=O) groups excluding carboxylic acids is 1. The molecule has 0 fully saturated rings. The van der Waals surface area contributed by atoms with Crippen LogP contribution in [0.3, 0.4) is 0 Å². The number of rotatable bonds is 6. The Kier molecular flexibility index (Phi) is 7.46. The van der Waals surface area contributed by atoms with Gasteiger partial charge in [-0.15, -0.1) is 0 Å². The van der Waals surface area contributed by atoms with Crippen LogP contribution in [-0.4, -0.2) is 60.1 Å². The van der Waals surface area contributed by atoms with E-state index in [4.69, 9.17) is 5.21 Å². The normalized spacial score (nSPS) is 16.3. The topological polar surface area (TPSA) is 99.6 Å². The van der Waals surface area contributed by atoms with Crippen molar-refractivity contribution in [2.24, 2.45) is 0 Å². The van der Waals surface area contributed by atoms with E-state index in [0.29, 0.717) is 13.1 Å². The molecular weight excluding hydrogens is 426 g/mol. The summed E-state index contributed by atoms with van der Waals surface area (Å²) in [6.07, 6.45) is 7.52. The average Bonchev–Trinajstić information content (AvgIpc) is 2.81. The first-order valence-corrected chi connectivity index (χ1v) is 12.2. The van der Waals surface area contributed by atoms with Crippen LogP contribution in [0.25, 0.3) is 5.57 Å². The molecule has 1 amide bonds. The molecule has 1 aliphatic rings. The second-order valence-corrected chi connectivity index (χ2v) is 10.5. The summed E-state index contributed by atoms with van der Waals surface area (Å²) in [6, 6.07) is 11.9. The highest BCUT2D eigenvalue weighted by Gasteiger charge is 2.43. The van der Waals surface area contributed by atoms with Crippen molar-refractivity contribution in [3.63, 3.8) is 0 Å². The van der Waals surface area contributed by atoms with E-state index in [9.17, 15) is 13.2 Å². The Morgan fingerprint density at radius 3 is 2.50 bits per heavy atom. The zero-order chi connectivity index (χ0) is 23.2. The first-order valence-electron chi connectivity index (χ1n) is 10.3. The highest BCUT2D eigenvalue weighted by molar-refractivity contribution is 7.92. The summed E-state index contributed by atoms with van der Waals surface area (Å²) in [7, 11) is -3.69. The minimum Gasteiger partial charge on any atom is -0.299 e. The Bertz CT molecular complexity index is 1150. The molecule has 1 aliphatic heterocycles. The van der Waals surface area contributed by atoms with E-state index in [1.54, 1.807) is 12.4 Å². The van der Waals surface area contributed by atoms with Crippen LogP contribution < -0.4 is 5.48 Å². The fourth-order valence-corrected chi connectivity index (χ4v) is 4.33. The number of hydroxylamine groups is 1. The zero-order valence-corrected chi connectivity index (χ0v) is 19.0. The number of amides is 1. The van der Waals surface area contributed by atoms with Gasteiger partial charge in [0, 0.05) is 49.4 Å². The SMILES string of the molecule is CC(CCN1CC=C(c2ccc(C#Cc3cccnc3)cc2)CC1)(C(=O)NO)S(C)(=O)=O. The fourth-order valence-electron chi connectivity index (χ4n) is 3.48. The van der Waals surface area contributed by atoms with Crippen LogP contribution in [0.15, 0.2) is 54.9 Å². The van der Waals surface area contributed by atoms with Gasteiger partial charge in [0.05, 0.1) is 0 Å². The largest absolute Gasteiger partial charge is 0.299 e. The predicted molar refractivity (Wildman–Crippen MR) is 123 cm³/mol. The molecule has 2 N–H and O–H groups in total. The van der Waals surface area contributed by atoms with Gasteiger partial charge in [0.25, 0.3) is 5.91 Å². The van der Waals surface area contributed by atoms with Gasteiger partial charge in [0.15, 0.2) is 14.6 Å². The third kappa shape index (κ3) is 5.62. The van der Waals surface area contributed by atoms with E-state index < -0.39 is 20.5 Å². The number of hydrogen-bond acceptors (Lipinski definition) is 6. The molecule has 168 valence electrons. The summed E-state index contributed by atoms with van der Waals surface area (Å²) in [6.45, 7) is 3.20. The number of hydrogen-bond donors (Lipinski definition) is 2. The molecule has 32 heavy (non-hydrogen) atoms. The predicted octanol–water partition coefficient (Wildman–Crippen LogP) is 2.27. The summed E-state index contributed by atoms with van der Waals surface area (Å²) in [5, 5.41) is 8.94. The molecule has 0 spiro atoms. The molecular formula is C24H27N3O4S. The molecule has 7 nitrogen and oxygen atoms in total. The van der Waals surface area contributed by atoms with Gasteiger partial charge in [-0.25, -0.2) is 13.9 Å². The second kappa shape index (κ2) is 10.1. The van der Waals surface area contributed by atoms with Crippen molar-refractivity contribution in [3.8, 4) is 11.8 Å². The number of carbonyl (C=O) groups is 1. The lowest BCUT2D eigenvalue weighted by molar-refractivity contribution is -0.131. The fraction of sp³-hybridized carbons (Fsp3) is 0.333. The van der Waals surface area contributed by atoms with Crippen LogP contribution in [-0.2, 0) is 14.6 Å². The summed E-state index contributed by atoms with van der Waals surface area (Å²) in [5.41, 5.74) is 5.65. The van der Waals surface area contributed by atoms with Crippen LogP contribution >= 0.6 is 0 Å². The maximum absolute atomic E-state index is 12.1. The van der Waals surface area contributed by atoms with Crippen LogP contribution in [0, 0.1) is 11.8 Å². The van der Waals surface area contributed by atoms with E-state index in [1.165, 1.54) is 18.0 Å². The maximum Gasteiger partial charge on any atom is 0.264 e. The van der Waals surface area contributed by atoms with Gasteiger partial charge in [-0.05, 0) is 55.2 Å². The van der Waals surface area contributed by atoms with Gasteiger partial charge in [-0.3, -0.25) is 19.9 Å². The van der Waals surface area contributed by atoms with Gasteiger partial charge in [0.1, 0.15) is 0 Å². The van der Waals surface area contributed by atoms with Gasteiger partial charge in [-0.2, -0.15) is 0 Å². The van der Waals surface area contributed by atoms with E-state index >= 15 is 0 Å². The third-order valence-electron chi connectivity index (χ3n) is 5.87. The Morgan fingerprint density at radius 1 is 1.22 bits per heavy atom. The van der Waals surface area contributed by atoms with E-state index in [2.05, 4.69) is 39.9 Å². The van der Waals surface area contributed by atoms with E-state index in [-0.39, 0.29) is 6.42 Å². The third-order valence-corrected chi connectivity index (χ3v) is 7.89. The van der Waals surface area contributed by atoms with Crippen molar-refractivity contribution in [1.82, 2.24) is 15.4 Å². The molecule has 3 rings (SSSR count). The minimum absolute atomic E-state index is 0.103. The molecule has 0 bridgehead atoms. The summed E-state index contributed by atoms with van der Waals surface area (Å²) in [5.74, 6) is 5.33. The van der Waals surface area contributed by atoms with Crippen LogP contribution in [0.4, 0.5) is 0 Å². The Morgan fingerprint density at radius 2 is 1.94 bits per heavy atom. The molecule has 1 aromatic heterocycles. The molecule has 1 atom stereocenters. The first kappa shape index (κ1) is 23.7. The van der Waals surface area contributed by atoms with Crippen molar-refractivity contribution in [2.75, 3.05) is 25.9 Å². The lowest BCUT2D eigenvalue weighted by Gasteiger charge is -2.31. The Labute approximate surface area is 189 Å². The van der Waals surface area contributed by atoms with E-state index in [0.717, 1.165) is 35.9 Å². The number of nitrogens with one attached hydrogen (secondary N) is 1. The molecule has 1 unspecified atom stereocenters. The lowest BCUT2D eigenvalue weighted by Crippen LogP contribution is -2.51. The highest BCUT2D eigenvalue weighted by atomic mass is 32.2. The average molecular weight is 454 g/mol. The van der Waals surface area contributed by atoms with Gasteiger partial charge in [-0.1, -0.05) is 30.0 Å². The summed E-state index contributed by atoms with van der Waals surface area (Å²) < 4.78 is 22.5. The molecule has 8 heteroatoms. The summed E-state index contributed by atoms with van der Waals surface area (Å²) >= 11 is 0. The van der Waals surface area contributed by atoms with Crippen molar-refractivity contribution in [1.29, 1.82) is 0 Å². The van der Waals surface area contributed by atoms with Crippen LogP contribution in [0.5, 0.6) is 0 Å². The number of sulfone groups is 1. The molecule has 2 heterocycles. The van der Waals surface area contributed by atoms with Crippen molar-refractivity contribution >= 4 is 21.3 Å². The molecule has 0 saturated carbocycles. The number of aromatic nitrogens is 1. The van der Waals surface area contributed by atoms with Crippen LogP contribution in [0.2, 0.25) is 0 Å². The van der Waals surface area contributed by atoms with Crippen molar-refractivity contribution in [2.45, 2.75) is 24.5 Å². The van der Waals surface area contributed by atoms with Gasteiger partial charge >= 0.3 is 0 Å². The Hall–Kier alpha value is -2.99. The molecule has 2 aromatic rings. The number of benzene rings is 1. The van der Waals surface area contributed by atoms with Gasteiger partial charge < -0.3 is 0 Å². The quantitative estimate of drug-likeness (QED) is 0.395. The lowest BCUT2D eigenvalue weighted by atomic mass is 9.98. The van der Waals surface area contributed by atoms with Gasteiger partial charge in [0.2, 0.25) is 0 Å². The second-order valence-electron chi connectivity index (χ2n) is 8.04. The molecule has 0 saturated heterocycles. The zero-order valence-electron chi connectivity index (χ0n) is 18.2. The smallest absolute Gasteiger partial charge is 0.264 e. The maximum atomic E-state index is 12.1. The number of nitrogens with zero attached hydrogens (tertiary/aromatic N) is 2. The highest BCUT2D eigenvalue weighted by Crippen LogP contribution is 2.25. The molecule has 1 aromatic carbocycles. The Balaban J connectivity index is 1.61. The summed E-state index contributed by atoms with van der Waals surface area (Å²) in [4.78, 5) is 18.1. The first-order chi connectivity index (χ1) is 15.2. The van der Waals surface area contributed by atoms with E-state index in [1.807, 2.05) is 24.3 Å².